The average Bonchev–Trinajstić information content (AvgIpc) is 2.47. The van der Waals surface area contributed by atoms with E-state index in [1.54, 1.807) is 24.3 Å². The van der Waals surface area contributed by atoms with E-state index in [4.69, 9.17) is 9.47 Å². The van der Waals surface area contributed by atoms with Crippen molar-refractivity contribution < 1.29 is 14.3 Å². The minimum Gasteiger partial charge on any atom is -0.494 e. The van der Waals surface area contributed by atoms with Crippen LogP contribution in [-0.2, 0) is 11.3 Å². The number of aryl methyl sites for hydroxylation is 1. The van der Waals surface area contributed by atoms with E-state index in [-0.39, 0.29) is 12.6 Å². The number of carbonyl (C=O) groups is 1. The normalized spacial score (nSPS) is 10.1. The van der Waals surface area contributed by atoms with E-state index in [2.05, 4.69) is 0 Å². The molecule has 0 aliphatic heterocycles. The molecule has 0 saturated carbocycles. The van der Waals surface area contributed by atoms with Crippen LogP contribution in [0.1, 0.15) is 28.4 Å². The van der Waals surface area contributed by atoms with Crippen molar-refractivity contribution in [2.75, 3.05) is 6.61 Å². The fourth-order valence-electron chi connectivity index (χ4n) is 1.77. The van der Waals surface area contributed by atoms with Crippen molar-refractivity contribution in [1.82, 2.24) is 0 Å². The van der Waals surface area contributed by atoms with Crippen LogP contribution < -0.4 is 4.74 Å². The average molecular weight is 270 g/mol. The molecule has 0 fully saturated rings. The highest BCUT2D eigenvalue weighted by atomic mass is 16.5. The van der Waals surface area contributed by atoms with Gasteiger partial charge < -0.3 is 9.47 Å². The maximum absolute atomic E-state index is 11.9. The van der Waals surface area contributed by atoms with Crippen LogP contribution in [0.5, 0.6) is 5.75 Å². The van der Waals surface area contributed by atoms with E-state index >= 15 is 0 Å². The molecule has 2 rings (SSSR count). The number of carbonyl (C=O) groups excluding carboxylic acids is 1. The van der Waals surface area contributed by atoms with Gasteiger partial charge in [-0.1, -0.05) is 29.8 Å². The quantitative estimate of drug-likeness (QED) is 0.776. The fraction of sp³-hybridized carbons (Fsp3) is 0.235. The minimum absolute atomic E-state index is 0.284. The fourth-order valence-corrected chi connectivity index (χ4v) is 1.77. The van der Waals surface area contributed by atoms with Crippen LogP contribution in [0, 0.1) is 6.92 Å². The van der Waals surface area contributed by atoms with Crippen LogP contribution in [0.15, 0.2) is 48.5 Å². The molecule has 0 spiro atoms. The summed E-state index contributed by atoms with van der Waals surface area (Å²) in [6.07, 6.45) is 0. The van der Waals surface area contributed by atoms with Crippen molar-refractivity contribution in [3.05, 3.63) is 65.2 Å². The molecule has 2 aromatic rings. The number of rotatable bonds is 5. The zero-order valence-corrected chi connectivity index (χ0v) is 11.8. The summed E-state index contributed by atoms with van der Waals surface area (Å²) in [4.78, 5) is 11.9. The van der Waals surface area contributed by atoms with Crippen molar-refractivity contribution in [1.29, 1.82) is 0 Å². The summed E-state index contributed by atoms with van der Waals surface area (Å²) in [6.45, 7) is 4.84. The summed E-state index contributed by atoms with van der Waals surface area (Å²) in [5, 5.41) is 0. The van der Waals surface area contributed by atoms with E-state index in [1.165, 1.54) is 5.56 Å². The molecule has 0 aliphatic rings. The van der Waals surface area contributed by atoms with Gasteiger partial charge in [-0.15, -0.1) is 0 Å². The second kappa shape index (κ2) is 6.75. The lowest BCUT2D eigenvalue weighted by atomic mass is 10.2. The van der Waals surface area contributed by atoms with Gasteiger partial charge in [0.25, 0.3) is 0 Å². The number of hydrogen-bond donors (Lipinski definition) is 0. The molecule has 0 radical (unpaired) electrons. The Balaban J connectivity index is 1.92. The van der Waals surface area contributed by atoms with E-state index in [0.29, 0.717) is 12.2 Å². The van der Waals surface area contributed by atoms with E-state index in [1.807, 2.05) is 38.1 Å². The lowest BCUT2D eigenvalue weighted by molar-refractivity contribution is 0.0472. The monoisotopic (exact) mass is 270 g/mol. The SMILES string of the molecule is CCOc1ccc(C(=O)OCc2ccc(C)cc2)cc1. The van der Waals surface area contributed by atoms with Crippen LogP contribution in [-0.4, -0.2) is 12.6 Å². The molecule has 0 aromatic heterocycles. The zero-order valence-electron chi connectivity index (χ0n) is 11.8. The van der Waals surface area contributed by atoms with Gasteiger partial charge in [-0.05, 0) is 43.7 Å². The van der Waals surface area contributed by atoms with Gasteiger partial charge in [0.05, 0.1) is 12.2 Å². The Labute approximate surface area is 119 Å². The molecular weight excluding hydrogens is 252 g/mol. The van der Waals surface area contributed by atoms with Crippen molar-refractivity contribution in [3.63, 3.8) is 0 Å². The van der Waals surface area contributed by atoms with E-state index in [9.17, 15) is 4.79 Å². The Bertz CT molecular complexity index is 556. The highest BCUT2D eigenvalue weighted by Gasteiger charge is 2.07. The Morgan fingerprint density at radius 1 is 1.00 bits per heavy atom. The van der Waals surface area contributed by atoms with Gasteiger partial charge in [-0.25, -0.2) is 4.79 Å². The number of esters is 1. The zero-order chi connectivity index (χ0) is 14.4. The second-order valence-corrected chi connectivity index (χ2v) is 4.52. The van der Waals surface area contributed by atoms with E-state index in [0.717, 1.165) is 11.3 Å². The number of ether oxygens (including phenoxy) is 2. The Morgan fingerprint density at radius 2 is 1.65 bits per heavy atom. The Hall–Kier alpha value is -2.29. The summed E-state index contributed by atoms with van der Waals surface area (Å²) in [5.74, 6) is 0.427. The standard InChI is InChI=1S/C17H18O3/c1-3-19-16-10-8-15(9-11-16)17(18)20-12-14-6-4-13(2)5-7-14/h4-11H,3,12H2,1-2H3. The van der Waals surface area contributed by atoms with Crippen molar-refractivity contribution in [2.45, 2.75) is 20.5 Å². The highest BCUT2D eigenvalue weighted by Crippen LogP contribution is 2.13. The Kier molecular flexibility index (Phi) is 4.77. The lowest BCUT2D eigenvalue weighted by Crippen LogP contribution is -2.05. The van der Waals surface area contributed by atoms with Crippen LogP contribution in [0.25, 0.3) is 0 Å². The molecule has 0 amide bonds. The summed E-state index contributed by atoms with van der Waals surface area (Å²) in [7, 11) is 0. The largest absolute Gasteiger partial charge is 0.494 e. The predicted octanol–water partition coefficient (Wildman–Crippen LogP) is 3.75. The molecule has 0 saturated heterocycles. The van der Waals surface area contributed by atoms with Crippen LogP contribution in [0.4, 0.5) is 0 Å². The number of benzene rings is 2. The molecule has 0 heterocycles. The molecule has 3 heteroatoms. The molecule has 0 N–H and O–H groups in total. The number of hydrogen-bond acceptors (Lipinski definition) is 3. The third kappa shape index (κ3) is 3.85. The van der Waals surface area contributed by atoms with Gasteiger partial charge in [0, 0.05) is 0 Å². The van der Waals surface area contributed by atoms with Crippen molar-refractivity contribution in [3.8, 4) is 5.75 Å². The van der Waals surface area contributed by atoms with E-state index < -0.39 is 0 Å². The maximum atomic E-state index is 11.9. The molecule has 104 valence electrons. The third-order valence-corrected chi connectivity index (χ3v) is 2.89. The van der Waals surface area contributed by atoms with Gasteiger partial charge >= 0.3 is 5.97 Å². The van der Waals surface area contributed by atoms with Gasteiger partial charge in [0.1, 0.15) is 12.4 Å². The molecule has 0 bridgehead atoms. The maximum Gasteiger partial charge on any atom is 0.338 e. The first-order chi connectivity index (χ1) is 9.69. The minimum atomic E-state index is -0.325. The molecule has 0 unspecified atom stereocenters. The summed E-state index contributed by atoms with van der Waals surface area (Å²) in [5.41, 5.74) is 2.70. The molecular formula is C17H18O3. The van der Waals surface area contributed by atoms with Crippen LogP contribution in [0.3, 0.4) is 0 Å². The predicted molar refractivity (Wildman–Crippen MR) is 77.9 cm³/mol. The molecule has 0 atom stereocenters. The van der Waals surface area contributed by atoms with Crippen molar-refractivity contribution >= 4 is 5.97 Å². The van der Waals surface area contributed by atoms with Crippen LogP contribution >= 0.6 is 0 Å². The van der Waals surface area contributed by atoms with Gasteiger partial charge in [-0.3, -0.25) is 0 Å². The van der Waals surface area contributed by atoms with Gasteiger partial charge in [0.2, 0.25) is 0 Å². The highest BCUT2D eigenvalue weighted by molar-refractivity contribution is 5.89. The first-order valence-electron chi connectivity index (χ1n) is 6.64. The topological polar surface area (TPSA) is 35.5 Å². The molecule has 2 aromatic carbocycles. The van der Waals surface area contributed by atoms with Crippen LogP contribution in [0.2, 0.25) is 0 Å². The van der Waals surface area contributed by atoms with Crippen molar-refractivity contribution in [2.24, 2.45) is 0 Å². The molecule has 0 aliphatic carbocycles. The first-order valence-corrected chi connectivity index (χ1v) is 6.64. The Morgan fingerprint density at radius 3 is 2.25 bits per heavy atom. The smallest absolute Gasteiger partial charge is 0.338 e. The van der Waals surface area contributed by atoms with Gasteiger partial charge in [0.15, 0.2) is 0 Å². The summed E-state index contributed by atoms with van der Waals surface area (Å²) in [6, 6.07) is 14.9. The van der Waals surface area contributed by atoms with Gasteiger partial charge in [-0.2, -0.15) is 0 Å². The summed E-state index contributed by atoms with van der Waals surface area (Å²) >= 11 is 0. The second-order valence-electron chi connectivity index (χ2n) is 4.52. The lowest BCUT2D eigenvalue weighted by Gasteiger charge is -2.06. The molecule has 20 heavy (non-hydrogen) atoms. The summed E-state index contributed by atoms with van der Waals surface area (Å²) < 4.78 is 10.6. The first kappa shape index (κ1) is 14.1. The third-order valence-electron chi connectivity index (χ3n) is 2.89. The molecule has 3 nitrogen and oxygen atoms in total.